The summed E-state index contributed by atoms with van der Waals surface area (Å²) in [5.41, 5.74) is 1.49. The van der Waals surface area contributed by atoms with Gasteiger partial charge in [-0.2, -0.15) is 0 Å². The Kier molecular flexibility index (Phi) is 8.48. The maximum Gasteiger partial charge on any atom is 1.00 e. The van der Waals surface area contributed by atoms with Gasteiger partial charge in [0, 0.05) is 11.5 Å². The van der Waals surface area contributed by atoms with Crippen LogP contribution in [0.15, 0.2) is 22.6 Å². The van der Waals surface area contributed by atoms with E-state index in [0.717, 1.165) is 31.3 Å². The number of allylic oxidation sites excluding steroid dienone is 2. The summed E-state index contributed by atoms with van der Waals surface area (Å²) in [6, 6.07) is 1.34. The van der Waals surface area contributed by atoms with Gasteiger partial charge in [-0.3, -0.25) is 0 Å². The van der Waals surface area contributed by atoms with Gasteiger partial charge in [0.2, 0.25) is 0 Å². The molecule has 0 heterocycles. The average molecular weight is 376 g/mol. The van der Waals surface area contributed by atoms with Crippen molar-refractivity contribution in [3.8, 4) is 11.5 Å². The molecule has 0 aromatic heterocycles. The molecule has 0 saturated heterocycles. The van der Waals surface area contributed by atoms with Crippen LogP contribution in [-0.2, 0) is 16.5 Å². The van der Waals surface area contributed by atoms with Crippen LogP contribution < -0.4 is 29.6 Å². The molecule has 25 heavy (non-hydrogen) atoms. The van der Waals surface area contributed by atoms with Crippen LogP contribution in [0.5, 0.6) is 11.5 Å². The summed E-state index contributed by atoms with van der Waals surface area (Å²) in [5.74, 6) is -0.987. The predicted molar refractivity (Wildman–Crippen MR) is 91.3 cm³/mol. The van der Waals surface area contributed by atoms with Crippen LogP contribution in [0.25, 0.3) is 0 Å². The van der Waals surface area contributed by atoms with Crippen molar-refractivity contribution >= 4 is 10.1 Å². The summed E-state index contributed by atoms with van der Waals surface area (Å²) in [5, 5.41) is 20.9. The third kappa shape index (κ3) is 5.47. The van der Waals surface area contributed by atoms with Crippen LogP contribution in [0.3, 0.4) is 0 Å². The first kappa shape index (κ1) is 22.5. The first-order chi connectivity index (χ1) is 11.3. The molecule has 1 aromatic rings. The second kappa shape index (κ2) is 9.42. The minimum Gasteiger partial charge on any atom is -0.744 e. The van der Waals surface area contributed by atoms with Gasteiger partial charge in [0.25, 0.3) is 0 Å². The summed E-state index contributed by atoms with van der Waals surface area (Å²) in [6.45, 7) is 3.98. The van der Waals surface area contributed by atoms with E-state index >= 15 is 0 Å². The molecule has 0 saturated carbocycles. The Morgan fingerprint density at radius 3 is 2.52 bits per heavy atom. The number of phenols is 2. The predicted octanol–water partition coefficient (Wildman–Crippen LogP) is 0.952. The Labute approximate surface area is 172 Å². The van der Waals surface area contributed by atoms with Gasteiger partial charge in [-0.25, -0.2) is 8.42 Å². The first-order valence-electron chi connectivity index (χ1n) is 8.46. The molecule has 1 atom stereocenters. The van der Waals surface area contributed by atoms with Gasteiger partial charge in [-0.15, -0.1) is 0 Å². The van der Waals surface area contributed by atoms with Crippen LogP contribution in [0, 0.1) is 0 Å². The summed E-state index contributed by atoms with van der Waals surface area (Å²) < 4.78 is 35.1. The van der Waals surface area contributed by atoms with Crippen molar-refractivity contribution in [3.63, 3.8) is 0 Å². The van der Waals surface area contributed by atoms with Gasteiger partial charge in [-0.05, 0) is 50.7 Å². The molecule has 0 aliphatic heterocycles. The first-order valence-corrected chi connectivity index (χ1v) is 9.87. The number of hydrogen-bond acceptors (Lipinski definition) is 5. The van der Waals surface area contributed by atoms with Crippen molar-refractivity contribution in [2.45, 2.75) is 69.6 Å². The van der Waals surface area contributed by atoms with E-state index in [1.54, 1.807) is 0 Å². The molecular weight excluding hydrogens is 351 g/mol. The number of aryl methyl sites for hydroxylation is 1. The van der Waals surface area contributed by atoms with Crippen LogP contribution >= 0.6 is 0 Å². The third-order valence-corrected chi connectivity index (χ3v) is 5.55. The van der Waals surface area contributed by atoms with Crippen molar-refractivity contribution in [1.82, 2.24) is 0 Å². The van der Waals surface area contributed by atoms with Crippen LogP contribution in [-0.4, -0.2) is 23.2 Å². The molecule has 0 bridgehead atoms. The van der Waals surface area contributed by atoms with E-state index in [1.165, 1.54) is 6.07 Å². The van der Waals surface area contributed by atoms with Gasteiger partial charge in [0.05, 0.1) is 4.90 Å². The maximum atomic E-state index is 11.7. The second-order valence-corrected chi connectivity index (χ2v) is 7.89. The van der Waals surface area contributed by atoms with Crippen LogP contribution in [0.1, 0.15) is 69.4 Å². The van der Waals surface area contributed by atoms with Crippen molar-refractivity contribution in [2.24, 2.45) is 0 Å². The van der Waals surface area contributed by atoms with Crippen molar-refractivity contribution < 1.29 is 52.7 Å². The maximum absolute atomic E-state index is 11.7. The van der Waals surface area contributed by atoms with Gasteiger partial charge in [-0.1, -0.05) is 31.4 Å². The molecule has 0 fully saturated rings. The van der Waals surface area contributed by atoms with Gasteiger partial charge in [0.1, 0.15) is 21.6 Å². The number of aromatic hydroxyl groups is 2. The Bertz CT molecular complexity index is 740. The minimum absolute atomic E-state index is 0. The average Bonchev–Trinajstić information content (AvgIpc) is 2.45. The van der Waals surface area contributed by atoms with E-state index in [4.69, 9.17) is 0 Å². The number of phenolic OH excluding ortho intramolecular Hbond substituents is 2. The van der Waals surface area contributed by atoms with Crippen molar-refractivity contribution in [1.29, 1.82) is 0 Å². The smallest absolute Gasteiger partial charge is 0.744 e. The standard InChI is InChI=1S/C18H26O5S.Na/c1-3-4-5-8-14-11-15(19)16(13-9-6-7-12(2)10-13)17(20)18(14)24(21,22)23;/h10-11,13,19-20H,3-9H2,1-2H3,(H,21,22,23);/q;+1/p-1. The summed E-state index contributed by atoms with van der Waals surface area (Å²) in [7, 11) is -4.82. The molecule has 7 heteroatoms. The summed E-state index contributed by atoms with van der Waals surface area (Å²) in [6.07, 6.45) is 7.32. The zero-order valence-corrected chi connectivity index (χ0v) is 18.0. The molecule has 5 nitrogen and oxygen atoms in total. The molecular formula is C18H25NaO5S. The topological polar surface area (TPSA) is 97.7 Å². The number of benzene rings is 1. The van der Waals surface area contributed by atoms with Gasteiger partial charge < -0.3 is 14.8 Å². The molecule has 1 aliphatic carbocycles. The molecule has 2 N–H and O–H groups in total. The SMILES string of the molecule is CCCCCc1cc(O)c(C2C=C(C)CCC2)c(O)c1S(=O)(=O)[O-].[Na+]. The number of rotatable bonds is 6. The van der Waals surface area contributed by atoms with E-state index in [2.05, 4.69) is 0 Å². The van der Waals surface area contributed by atoms with Crippen molar-refractivity contribution in [3.05, 3.63) is 28.8 Å². The molecule has 0 radical (unpaired) electrons. The van der Waals surface area contributed by atoms with E-state index in [0.29, 0.717) is 19.3 Å². The van der Waals surface area contributed by atoms with Crippen LogP contribution in [0.2, 0.25) is 0 Å². The zero-order valence-electron chi connectivity index (χ0n) is 15.2. The normalized spacial score (nSPS) is 17.7. The van der Waals surface area contributed by atoms with Gasteiger partial charge >= 0.3 is 29.6 Å². The molecule has 1 unspecified atom stereocenters. The van der Waals surface area contributed by atoms with E-state index < -0.39 is 20.8 Å². The fraction of sp³-hybridized carbons (Fsp3) is 0.556. The molecule has 2 rings (SSSR count). The summed E-state index contributed by atoms with van der Waals surface area (Å²) >= 11 is 0. The monoisotopic (exact) mass is 376 g/mol. The molecule has 1 aliphatic rings. The summed E-state index contributed by atoms with van der Waals surface area (Å²) in [4.78, 5) is -0.567. The molecule has 134 valence electrons. The van der Waals surface area contributed by atoms with E-state index in [9.17, 15) is 23.2 Å². The molecule has 1 aromatic carbocycles. The third-order valence-electron chi connectivity index (χ3n) is 4.59. The second-order valence-electron chi connectivity index (χ2n) is 6.57. The van der Waals surface area contributed by atoms with Crippen molar-refractivity contribution in [2.75, 3.05) is 0 Å². The largest absolute Gasteiger partial charge is 1.00 e. The number of unbranched alkanes of at least 4 members (excludes halogenated alkanes) is 2. The Morgan fingerprint density at radius 2 is 1.96 bits per heavy atom. The van der Waals surface area contributed by atoms with E-state index in [1.807, 2.05) is 19.9 Å². The fourth-order valence-corrected chi connectivity index (χ4v) is 4.27. The number of hydrogen-bond donors (Lipinski definition) is 2. The molecule has 0 spiro atoms. The molecule has 0 amide bonds. The van der Waals surface area contributed by atoms with E-state index in [-0.39, 0.29) is 52.4 Å². The minimum atomic E-state index is -4.82. The fourth-order valence-electron chi connectivity index (χ4n) is 3.44. The zero-order chi connectivity index (χ0) is 17.9. The Hall–Kier alpha value is -0.530. The van der Waals surface area contributed by atoms with Crippen LogP contribution in [0.4, 0.5) is 0 Å². The quantitative estimate of drug-likeness (QED) is 0.333. The van der Waals surface area contributed by atoms with Gasteiger partial charge in [0.15, 0.2) is 0 Å². The Balaban J connectivity index is 0.00000312. The Morgan fingerprint density at radius 1 is 1.28 bits per heavy atom.